The van der Waals surface area contributed by atoms with Crippen LogP contribution in [0.3, 0.4) is 0 Å². The first-order valence-electron chi connectivity index (χ1n) is 12.1. The number of aromatic nitrogens is 3. The molecule has 2 aromatic heterocycles. The van der Waals surface area contributed by atoms with Crippen LogP contribution in [0.25, 0.3) is 21.9 Å². The molecule has 0 fully saturated rings. The number of nitrogens with zero attached hydrogens (tertiary/aromatic N) is 3. The number of esters is 1. The molecular weight excluding hydrogens is 442 g/mol. The molecule has 0 aliphatic carbocycles. The van der Waals surface area contributed by atoms with Crippen LogP contribution in [0.4, 0.5) is 5.82 Å². The van der Waals surface area contributed by atoms with E-state index in [1.54, 1.807) is 0 Å². The van der Waals surface area contributed by atoms with Gasteiger partial charge in [0.15, 0.2) is 5.82 Å². The second-order valence-electron chi connectivity index (χ2n) is 8.48. The van der Waals surface area contributed by atoms with Gasteiger partial charge in [-0.2, -0.15) is 0 Å². The quantitative estimate of drug-likeness (QED) is 0.236. The van der Waals surface area contributed by atoms with E-state index in [1.807, 2.05) is 43.3 Å². The van der Waals surface area contributed by atoms with E-state index in [-0.39, 0.29) is 5.97 Å². The van der Waals surface area contributed by atoms with E-state index in [9.17, 15) is 4.79 Å². The minimum absolute atomic E-state index is 0.226. The molecule has 4 aromatic rings. The molecule has 8 heteroatoms. The number of anilines is 1. The topological polar surface area (TPSA) is 104 Å². The largest absolute Gasteiger partial charge is 0.469 e. The van der Waals surface area contributed by atoms with Crippen molar-refractivity contribution < 1.29 is 14.3 Å². The summed E-state index contributed by atoms with van der Waals surface area (Å²) < 4.78 is 12.7. The van der Waals surface area contributed by atoms with Crippen LogP contribution in [0, 0.1) is 0 Å². The number of pyridine rings is 1. The molecule has 0 spiro atoms. The van der Waals surface area contributed by atoms with Gasteiger partial charge in [-0.3, -0.25) is 4.79 Å². The minimum Gasteiger partial charge on any atom is -0.469 e. The maximum Gasteiger partial charge on any atom is 0.309 e. The molecule has 0 saturated carbocycles. The predicted octanol–water partition coefficient (Wildman–Crippen LogP) is 3.99. The first-order chi connectivity index (χ1) is 17.1. The number of unbranched alkanes of at least 4 members (excludes halogenated alkanes) is 1. The zero-order valence-corrected chi connectivity index (χ0v) is 20.4. The van der Waals surface area contributed by atoms with Crippen molar-refractivity contribution in [3.05, 3.63) is 65.5 Å². The molecule has 4 rings (SSSR count). The number of rotatable bonds is 12. The molecule has 35 heavy (non-hydrogen) atoms. The molecule has 184 valence electrons. The van der Waals surface area contributed by atoms with Crippen LogP contribution in [0.1, 0.15) is 36.7 Å². The zero-order chi connectivity index (χ0) is 24.6. The third-order valence-electron chi connectivity index (χ3n) is 6.01. The Morgan fingerprint density at radius 3 is 2.74 bits per heavy atom. The summed E-state index contributed by atoms with van der Waals surface area (Å²) >= 11 is 0. The first kappa shape index (κ1) is 24.6. The molecule has 8 nitrogen and oxygen atoms in total. The summed E-state index contributed by atoms with van der Waals surface area (Å²) in [7, 11) is 1.41. The van der Waals surface area contributed by atoms with Crippen molar-refractivity contribution in [3.8, 4) is 0 Å². The number of nitrogens with two attached hydrogens (primary N) is 1. The number of fused-ring (bicyclic) bond motifs is 3. The number of imidazole rings is 1. The van der Waals surface area contributed by atoms with Crippen molar-refractivity contribution in [2.45, 2.75) is 45.9 Å². The van der Waals surface area contributed by atoms with Gasteiger partial charge in [-0.1, -0.05) is 42.5 Å². The highest BCUT2D eigenvalue weighted by Gasteiger charge is 2.17. The average molecular weight is 476 g/mol. The van der Waals surface area contributed by atoms with Gasteiger partial charge in [0.2, 0.25) is 0 Å². The van der Waals surface area contributed by atoms with Crippen molar-refractivity contribution in [2.75, 3.05) is 26.0 Å². The summed E-state index contributed by atoms with van der Waals surface area (Å²) in [5.74, 6) is 1.10. The number of nitrogens with one attached hydrogen (secondary N) is 1. The summed E-state index contributed by atoms with van der Waals surface area (Å²) in [4.78, 5) is 20.8. The Morgan fingerprint density at radius 1 is 1.09 bits per heavy atom. The standard InChI is InChI=1S/C27H33N5O3/c1-3-35-18-23-31-25-26(21-11-4-5-12-22(21)30-27(25)28)32(23)14-7-6-13-29-17-20-10-8-9-19(15-20)16-24(33)34-2/h4-5,8-12,15,29H,3,6-7,13-14,16-18H2,1-2H3,(H2,28,30). The van der Waals surface area contributed by atoms with E-state index in [0.717, 1.165) is 71.4 Å². The van der Waals surface area contributed by atoms with E-state index >= 15 is 0 Å². The minimum atomic E-state index is -0.226. The number of benzene rings is 2. The molecule has 0 aliphatic heterocycles. The summed E-state index contributed by atoms with van der Waals surface area (Å²) in [5, 5.41) is 4.56. The van der Waals surface area contributed by atoms with Crippen LogP contribution < -0.4 is 11.1 Å². The second kappa shape index (κ2) is 11.8. The Bertz CT molecular complexity index is 1300. The second-order valence-corrected chi connectivity index (χ2v) is 8.48. The first-order valence-corrected chi connectivity index (χ1v) is 12.1. The van der Waals surface area contributed by atoms with Crippen LogP contribution in [0.2, 0.25) is 0 Å². The summed E-state index contributed by atoms with van der Waals surface area (Å²) in [5.41, 5.74) is 11.0. The summed E-state index contributed by atoms with van der Waals surface area (Å²) in [6, 6.07) is 16.1. The lowest BCUT2D eigenvalue weighted by Crippen LogP contribution is -2.16. The van der Waals surface area contributed by atoms with Gasteiger partial charge in [-0.25, -0.2) is 9.97 Å². The Kier molecular flexibility index (Phi) is 8.28. The van der Waals surface area contributed by atoms with Gasteiger partial charge in [0.1, 0.15) is 17.9 Å². The van der Waals surface area contributed by atoms with Gasteiger partial charge in [-0.05, 0) is 43.5 Å². The number of carbonyl (C=O) groups excluding carboxylic acids is 1. The third kappa shape index (κ3) is 5.96. The normalized spacial score (nSPS) is 11.4. The third-order valence-corrected chi connectivity index (χ3v) is 6.01. The lowest BCUT2D eigenvalue weighted by atomic mass is 10.1. The van der Waals surface area contributed by atoms with Gasteiger partial charge < -0.3 is 25.1 Å². The smallest absolute Gasteiger partial charge is 0.309 e. The molecule has 0 saturated heterocycles. The van der Waals surface area contributed by atoms with Crippen LogP contribution in [-0.2, 0) is 40.4 Å². The number of nitrogen functional groups attached to an aromatic ring is 1. The highest BCUT2D eigenvalue weighted by atomic mass is 16.5. The van der Waals surface area contributed by atoms with Crippen LogP contribution in [0.5, 0.6) is 0 Å². The van der Waals surface area contributed by atoms with E-state index in [4.69, 9.17) is 20.2 Å². The van der Waals surface area contributed by atoms with E-state index < -0.39 is 0 Å². The highest BCUT2D eigenvalue weighted by molar-refractivity contribution is 6.06. The predicted molar refractivity (Wildman–Crippen MR) is 138 cm³/mol. The molecule has 3 N–H and O–H groups in total. The molecular formula is C27H33N5O3. The number of hydrogen-bond acceptors (Lipinski definition) is 7. The van der Waals surface area contributed by atoms with Crippen LogP contribution >= 0.6 is 0 Å². The summed E-state index contributed by atoms with van der Waals surface area (Å²) in [6.45, 7) is 5.52. The highest BCUT2D eigenvalue weighted by Crippen LogP contribution is 2.29. The molecule has 2 heterocycles. The lowest BCUT2D eigenvalue weighted by molar-refractivity contribution is -0.139. The number of ether oxygens (including phenoxy) is 2. The van der Waals surface area contributed by atoms with Crippen molar-refractivity contribution in [1.29, 1.82) is 0 Å². The Morgan fingerprint density at radius 2 is 1.91 bits per heavy atom. The van der Waals surface area contributed by atoms with E-state index in [1.165, 1.54) is 7.11 Å². The molecule has 0 radical (unpaired) electrons. The van der Waals surface area contributed by atoms with E-state index in [2.05, 4.69) is 27.0 Å². The monoisotopic (exact) mass is 475 g/mol. The molecule has 0 unspecified atom stereocenters. The molecule has 2 aromatic carbocycles. The average Bonchev–Trinajstić information content (AvgIpc) is 3.24. The number of carbonyl (C=O) groups is 1. The van der Waals surface area contributed by atoms with Crippen molar-refractivity contribution in [1.82, 2.24) is 19.9 Å². The Balaban J connectivity index is 1.39. The maximum atomic E-state index is 11.5. The number of aryl methyl sites for hydroxylation is 1. The van der Waals surface area contributed by atoms with Crippen molar-refractivity contribution in [3.63, 3.8) is 0 Å². The Hall–Kier alpha value is -3.49. The van der Waals surface area contributed by atoms with Crippen LogP contribution in [0.15, 0.2) is 48.5 Å². The fourth-order valence-corrected chi connectivity index (χ4v) is 4.29. The Labute approximate surface area is 205 Å². The molecule has 0 atom stereocenters. The zero-order valence-electron chi connectivity index (χ0n) is 20.4. The van der Waals surface area contributed by atoms with E-state index in [0.29, 0.717) is 25.5 Å². The maximum absolute atomic E-state index is 11.5. The van der Waals surface area contributed by atoms with Gasteiger partial charge in [0, 0.05) is 25.1 Å². The van der Waals surface area contributed by atoms with Gasteiger partial charge in [0.25, 0.3) is 0 Å². The number of methoxy groups -OCH3 is 1. The molecule has 0 amide bonds. The van der Waals surface area contributed by atoms with Gasteiger partial charge in [0.05, 0.1) is 24.6 Å². The van der Waals surface area contributed by atoms with Gasteiger partial charge in [-0.15, -0.1) is 0 Å². The fraction of sp³-hybridized carbons (Fsp3) is 0.370. The van der Waals surface area contributed by atoms with Crippen molar-refractivity contribution >= 4 is 33.7 Å². The number of para-hydroxylation sites is 1. The lowest BCUT2D eigenvalue weighted by Gasteiger charge is -2.11. The van der Waals surface area contributed by atoms with Crippen molar-refractivity contribution in [2.24, 2.45) is 0 Å². The molecule has 0 aliphatic rings. The van der Waals surface area contributed by atoms with Crippen LogP contribution in [-0.4, -0.2) is 40.8 Å². The molecule has 0 bridgehead atoms. The fourth-order valence-electron chi connectivity index (χ4n) is 4.29. The summed E-state index contributed by atoms with van der Waals surface area (Å²) in [6.07, 6.45) is 2.28. The number of hydrogen-bond donors (Lipinski definition) is 2. The SMILES string of the molecule is CCOCc1nc2c(N)nc3ccccc3c2n1CCCCNCc1cccc(CC(=O)OC)c1. The van der Waals surface area contributed by atoms with Gasteiger partial charge >= 0.3 is 5.97 Å².